The number of hydrogen-bond acceptors (Lipinski definition) is 8. The van der Waals surface area contributed by atoms with Crippen molar-refractivity contribution in [2.45, 2.75) is 6.54 Å². The van der Waals surface area contributed by atoms with Crippen molar-refractivity contribution in [3.63, 3.8) is 0 Å². The first-order valence-electron chi connectivity index (χ1n) is 11.1. The summed E-state index contributed by atoms with van der Waals surface area (Å²) in [7, 11) is 1.76. The van der Waals surface area contributed by atoms with Gasteiger partial charge in [-0.3, -0.25) is 15.1 Å². The number of benzene rings is 2. The van der Waals surface area contributed by atoms with Crippen LogP contribution in [0, 0.1) is 5.82 Å². The number of carbonyl (C=O) groups excluding carboxylic acids is 1. The van der Waals surface area contributed by atoms with Gasteiger partial charge in [0.2, 0.25) is 5.95 Å². The molecule has 0 atom stereocenters. The number of pyridine rings is 2. The van der Waals surface area contributed by atoms with Gasteiger partial charge in [-0.2, -0.15) is 10.1 Å². The van der Waals surface area contributed by atoms with E-state index in [4.69, 9.17) is 4.98 Å². The van der Waals surface area contributed by atoms with Crippen LogP contribution in [0.4, 0.5) is 21.8 Å². The third-order valence-corrected chi connectivity index (χ3v) is 5.44. The molecular formula is C25H22FN9O. The highest BCUT2D eigenvalue weighted by molar-refractivity contribution is 6.03. The molecule has 0 radical (unpaired) electrons. The lowest BCUT2D eigenvalue weighted by Crippen LogP contribution is -2.17. The summed E-state index contributed by atoms with van der Waals surface area (Å²) in [4.78, 5) is 25.2. The van der Waals surface area contributed by atoms with Gasteiger partial charge in [0.1, 0.15) is 12.1 Å². The molecule has 11 heteroatoms. The molecule has 36 heavy (non-hydrogen) atoms. The normalized spacial score (nSPS) is 10.8. The summed E-state index contributed by atoms with van der Waals surface area (Å²) >= 11 is 0. The number of amides is 1. The van der Waals surface area contributed by atoms with Crippen LogP contribution >= 0.6 is 0 Å². The third kappa shape index (κ3) is 4.95. The number of nitrogens with one attached hydrogen (secondary N) is 5. The van der Waals surface area contributed by atoms with Gasteiger partial charge in [-0.15, -0.1) is 0 Å². The number of hydrogen-bond donors (Lipinski definition) is 5. The third-order valence-electron chi connectivity index (χ3n) is 5.44. The van der Waals surface area contributed by atoms with Crippen LogP contribution in [0.3, 0.4) is 0 Å². The van der Waals surface area contributed by atoms with E-state index >= 15 is 0 Å². The van der Waals surface area contributed by atoms with Gasteiger partial charge in [-0.1, -0.05) is 18.2 Å². The number of carbonyl (C=O) groups is 1. The second-order valence-electron chi connectivity index (χ2n) is 7.83. The van der Waals surface area contributed by atoms with E-state index in [9.17, 15) is 9.18 Å². The largest absolute Gasteiger partial charge is 0.364 e. The molecule has 1 amide bonds. The van der Waals surface area contributed by atoms with E-state index in [-0.39, 0.29) is 11.5 Å². The Balaban J connectivity index is 1.38. The molecule has 0 aliphatic carbocycles. The van der Waals surface area contributed by atoms with Crippen molar-refractivity contribution in [2.75, 3.05) is 23.1 Å². The van der Waals surface area contributed by atoms with Gasteiger partial charge >= 0.3 is 0 Å². The Morgan fingerprint density at radius 1 is 1.06 bits per heavy atom. The van der Waals surface area contributed by atoms with Crippen molar-refractivity contribution in [1.29, 1.82) is 0 Å². The quantitative estimate of drug-likeness (QED) is 0.210. The van der Waals surface area contributed by atoms with E-state index in [2.05, 4.69) is 47.7 Å². The number of H-pyrrole nitrogens is 1. The highest BCUT2D eigenvalue weighted by atomic mass is 19.1. The molecule has 3 aromatic heterocycles. The fourth-order valence-corrected chi connectivity index (χ4v) is 3.71. The second-order valence-corrected chi connectivity index (χ2v) is 7.83. The zero-order chi connectivity index (χ0) is 24.9. The maximum Gasteiger partial charge on any atom is 0.260 e. The van der Waals surface area contributed by atoms with Crippen LogP contribution < -0.4 is 21.5 Å². The minimum atomic E-state index is -0.678. The summed E-state index contributed by atoms with van der Waals surface area (Å²) in [5.41, 5.74) is 9.62. The van der Waals surface area contributed by atoms with Gasteiger partial charge in [0.25, 0.3) is 5.91 Å². The number of hydrazine groups is 1. The summed E-state index contributed by atoms with van der Waals surface area (Å²) < 4.78 is 14.8. The number of aromatic amines is 1. The lowest BCUT2D eigenvalue weighted by Gasteiger charge is -2.14. The van der Waals surface area contributed by atoms with E-state index in [1.54, 1.807) is 25.4 Å². The van der Waals surface area contributed by atoms with Gasteiger partial charge in [-0.05, 0) is 48.0 Å². The molecule has 0 bridgehead atoms. The number of rotatable bonds is 8. The molecule has 10 nitrogen and oxygen atoms in total. The number of fused-ring (bicyclic) bond motifs is 1. The van der Waals surface area contributed by atoms with E-state index in [1.165, 1.54) is 18.5 Å². The average Bonchev–Trinajstić information content (AvgIpc) is 3.41. The van der Waals surface area contributed by atoms with E-state index in [0.717, 1.165) is 22.2 Å². The Bertz CT molecular complexity index is 1520. The van der Waals surface area contributed by atoms with Crippen LogP contribution in [-0.4, -0.2) is 38.1 Å². The van der Waals surface area contributed by atoms with Crippen LogP contribution in [0.15, 0.2) is 73.2 Å². The van der Waals surface area contributed by atoms with Gasteiger partial charge in [0, 0.05) is 30.7 Å². The molecular weight excluding hydrogens is 461 g/mol. The summed E-state index contributed by atoms with van der Waals surface area (Å²) in [6, 6.07) is 17.9. The molecule has 0 spiro atoms. The Hall–Kier alpha value is -4.90. The predicted molar refractivity (Wildman–Crippen MR) is 136 cm³/mol. The van der Waals surface area contributed by atoms with E-state index < -0.39 is 11.7 Å². The van der Waals surface area contributed by atoms with Crippen molar-refractivity contribution in [1.82, 2.24) is 30.6 Å². The monoisotopic (exact) mass is 483 g/mol. The molecule has 0 aliphatic rings. The zero-order valence-electron chi connectivity index (χ0n) is 19.2. The first-order chi connectivity index (χ1) is 17.6. The minimum absolute atomic E-state index is 0.118. The summed E-state index contributed by atoms with van der Waals surface area (Å²) in [6.07, 6.45) is 3.01. The molecule has 5 N–H and O–H groups in total. The van der Waals surface area contributed by atoms with Crippen molar-refractivity contribution in [2.24, 2.45) is 0 Å². The van der Waals surface area contributed by atoms with Crippen molar-refractivity contribution < 1.29 is 9.18 Å². The van der Waals surface area contributed by atoms with Gasteiger partial charge in [0.15, 0.2) is 5.82 Å². The SMILES string of the molecule is CNNc1ccc(-c2ccc(C(=O)Nc3ncn[nH]3)c(F)c2)nc1NCc1ccc2ncccc2c1. The molecule has 0 fully saturated rings. The lowest BCUT2D eigenvalue weighted by molar-refractivity contribution is 0.102. The maximum absolute atomic E-state index is 14.8. The zero-order valence-corrected chi connectivity index (χ0v) is 19.2. The summed E-state index contributed by atoms with van der Waals surface area (Å²) in [5, 5.41) is 13.0. The highest BCUT2D eigenvalue weighted by Gasteiger charge is 2.15. The van der Waals surface area contributed by atoms with Crippen LogP contribution in [0.5, 0.6) is 0 Å². The number of nitrogens with zero attached hydrogens (tertiary/aromatic N) is 4. The predicted octanol–water partition coefficient (Wildman–Crippen LogP) is 3.96. The first kappa shape index (κ1) is 22.9. The molecule has 0 saturated heterocycles. The van der Waals surface area contributed by atoms with Crippen LogP contribution in [0.25, 0.3) is 22.2 Å². The number of aromatic nitrogens is 5. The van der Waals surface area contributed by atoms with Crippen LogP contribution in [-0.2, 0) is 6.54 Å². The van der Waals surface area contributed by atoms with E-state index in [1.807, 2.05) is 30.3 Å². The molecule has 0 saturated carbocycles. The number of halogens is 1. The van der Waals surface area contributed by atoms with Crippen molar-refractivity contribution >= 4 is 34.3 Å². The highest BCUT2D eigenvalue weighted by Crippen LogP contribution is 2.27. The second kappa shape index (κ2) is 10.2. The molecule has 180 valence electrons. The standard InChI is InChI=1S/C25H22FN9O/c1-27-34-22-9-8-21(17-5-6-18(19(26)12-17)24(36)33-25-30-14-31-35-25)32-23(22)29-13-15-4-7-20-16(11-15)3-2-10-28-20/h2-12,14,27,34H,13H2,1H3,(H,29,32)(H2,30,31,33,35,36). The van der Waals surface area contributed by atoms with Gasteiger partial charge < -0.3 is 10.7 Å². The van der Waals surface area contributed by atoms with Gasteiger partial charge in [0.05, 0.1) is 22.5 Å². The molecule has 0 unspecified atom stereocenters. The van der Waals surface area contributed by atoms with Crippen molar-refractivity contribution in [3.05, 3.63) is 90.1 Å². The molecule has 0 aliphatic heterocycles. The Morgan fingerprint density at radius 2 is 1.97 bits per heavy atom. The lowest BCUT2D eigenvalue weighted by atomic mass is 10.1. The molecule has 5 rings (SSSR count). The summed E-state index contributed by atoms with van der Waals surface area (Å²) in [5.74, 6) is -0.592. The first-order valence-corrected chi connectivity index (χ1v) is 11.1. The van der Waals surface area contributed by atoms with Crippen LogP contribution in [0.1, 0.15) is 15.9 Å². The molecule has 3 heterocycles. The van der Waals surface area contributed by atoms with Crippen LogP contribution in [0.2, 0.25) is 0 Å². The maximum atomic E-state index is 14.8. The molecule has 2 aromatic carbocycles. The Morgan fingerprint density at radius 3 is 2.78 bits per heavy atom. The fourth-order valence-electron chi connectivity index (χ4n) is 3.71. The topological polar surface area (TPSA) is 133 Å². The van der Waals surface area contributed by atoms with Crippen molar-refractivity contribution in [3.8, 4) is 11.3 Å². The van der Waals surface area contributed by atoms with E-state index in [0.29, 0.717) is 23.6 Å². The Kier molecular flexibility index (Phi) is 6.45. The average molecular weight is 484 g/mol. The molecule has 5 aromatic rings. The minimum Gasteiger partial charge on any atom is -0.364 e. The fraction of sp³-hybridized carbons (Fsp3) is 0.0800. The number of anilines is 3. The smallest absolute Gasteiger partial charge is 0.260 e. The Labute approximate surface area is 205 Å². The summed E-state index contributed by atoms with van der Waals surface area (Å²) in [6.45, 7) is 0.523. The van der Waals surface area contributed by atoms with Gasteiger partial charge in [-0.25, -0.2) is 19.9 Å².